The van der Waals surface area contributed by atoms with Crippen molar-refractivity contribution in [3.8, 4) is 0 Å². The van der Waals surface area contributed by atoms with Gasteiger partial charge in [-0.15, -0.1) is 11.8 Å². The molecule has 6 nitrogen and oxygen atoms in total. The average Bonchev–Trinajstić information content (AvgIpc) is 2.82. The Balaban J connectivity index is 1.56. The number of rotatable bonds is 4. The number of hydrogen-bond acceptors (Lipinski definition) is 4. The molecule has 0 bridgehead atoms. The lowest BCUT2D eigenvalue weighted by Gasteiger charge is -2.33. The van der Waals surface area contributed by atoms with Gasteiger partial charge in [0.05, 0.1) is 5.75 Å². The minimum absolute atomic E-state index is 0.128. The van der Waals surface area contributed by atoms with Crippen molar-refractivity contribution in [3.05, 3.63) is 28.7 Å². The number of amides is 4. The first-order chi connectivity index (χ1) is 11.9. The molecule has 3 rings (SSSR count). The summed E-state index contributed by atoms with van der Waals surface area (Å²) in [4.78, 5) is 37.9. The number of thioether (sulfide) groups is 1. The minimum Gasteiger partial charge on any atom is -0.322 e. The fourth-order valence-electron chi connectivity index (χ4n) is 3.15. The quantitative estimate of drug-likeness (QED) is 0.573. The van der Waals surface area contributed by atoms with Gasteiger partial charge in [-0.3, -0.25) is 15.0 Å². The zero-order chi connectivity index (χ0) is 18.0. The highest BCUT2D eigenvalue weighted by molar-refractivity contribution is 9.10. The van der Waals surface area contributed by atoms with Gasteiger partial charge < -0.3 is 5.32 Å². The number of hydrazine groups is 1. The number of nitrogens with zero attached hydrogens (tertiary/aromatic N) is 1. The molecular weight excluding hydrogens is 406 g/mol. The zero-order valence-corrected chi connectivity index (χ0v) is 16.3. The summed E-state index contributed by atoms with van der Waals surface area (Å²) in [6.07, 6.45) is 3.04. The van der Waals surface area contributed by atoms with E-state index in [4.69, 9.17) is 0 Å². The van der Waals surface area contributed by atoms with Crippen LogP contribution >= 0.6 is 27.7 Å². The summed E-state index contributed by atoms with van der Waals surface area (Å²) < 4.78 is 0.965. The second-order valence-electron chi connectivity index (χ2n) is 6.61. The Labute approximate surface area is 159 Å². The molecule has 8 heteroatoms. The van der Waals surface area contributed by atoms with Crippen LogP contribution in [0.3, 0.4) is 0 Å². The van der Waals surface area contributed by atoms with E-state index < -0.39 is 11.6 Å². The predicted octanol–water partition coefficient (Wildman–Crippen LogP) is 3.07. The SMILES string of the molecule is CC1CCC2(CC1)NC(=O)N(NC(=O)CSc1ccc(Br)cc1)C2=O. The molecule has 2 fully saturated rings. The van der Waals surface area contributed by atoms with Gasteiger partial charge in [0, 0.05) is 9.37 Å². The molecular formula is C17H20BrN3O3S. The zero-order valence-electron chi connectivity index (χ0n) is 13.9. The molecule has 1 aliphatic heterocycles. The van der Waals surface area contributed by atoms with Crippen molar-refractivity contribution in [2.75, 3.05) is 5.75 Å². The second kappa shape index (κ2) is 7.37. The molecule has 1 spiro atoms. The van der Waals surface area contributed by atoms with Crippen LogP contribution in [0, 0.1) is 5.92 Å². The summed E-state index contributed by atoms with van der Waals surface area (Å²) in [5.41, 5.74) is 1.61. The molecule has 2 aliphatic rings. The van der Waals surface area contributed by atoms with Crippen LogP contribution in [-0.2, 0) is 9.59 Å². The molecule has 1 saturated heterocycles. The highest BCUT2D eigenvalue weighted by Gasteiger charge is 2.52. The van der Waals surface area contributed by atoms with Gasteiger partial charge in [-0.25, -0.2) is 4.79 Å². The smallest absolute Gasteiger partial charge is 0.322 e. The van der Waals surface area contributed by atoms with Crippen molar-refractivity contribution in [2.24, 2.45) is 5.92 Å². The third-order valence-corrected chi connectivity index (χ3v) is 6.25. The van der Waals surface area contributed by atoms with Crippen LogP contribution in [0.15, 0.2) is 33.6 Å². The van der Waals surface area contributed by atoms with Gasteiger partial charge in [0.1, 0.15) is 5.54 Å². The Morgan fingerprint density at radius 2 is 1.96 bits per heavy atom. The molecule has 0 aromatic heterocycles. The lowest BCUT2D eigenvalue weighted by atomic mass is 9.77. The molecule has 25 heavy (non-hydrogen) atoms. The van der Waals surface area contributed by atoms with E-state index in [1.165, 1.54) is 11.8 Å². The summed E-state index contributed by atoms with van der Waals surface area (Å²) in [6.45, 7) is 2.15. The number of urea groups is 1. The number of imide groups is 1. The Morgan fingerprint density at radius 1 is 1.32 bits per heavy atom. The number of benzene rings is 1. The van der Waals surface area contributed by atoms with E-state index in [0.717, 1.165) is 27.2 Å². The number of carbonyl (C=O) groups is 3. The van der Waals surface area contributed by atoms with Crippen LogP contribution in [-0.4, -0.2) is 34.1 Å². The van der Waals surface area contributed by atoms with Gasteiger partial charge in [-0.05, 0) is 55.9 Å². The Morgan fingerprint density at radius 3 is 2.60 bits per heavy atom. The summed E-state index contributed by atoms with van der Waals surface area (Å²) in [7, 11) is 0. The summed E-state index contributed by atoms with van der Waals surface area (Å²) in [5, 5.41) is 3.63. The van der Waals surface area contributed by atoms with Crippen molar-refractivity contribution < 1.29 is 14.4 Å². The molecule has 4 amide bonds. The number of carbonyl (C=O) groups excluding carboxylic acids is 3. The van der Waals surface area contributed by atoms with E-state index in [2.05, 4.69) is 33.6 Å². The van der Waals surface area contributed by atoms with E-state index in [1.54, 1.807) is 0 Å². The Bertz CT molecular complexity index is 687. The predicted molar refractivity (Wildman–Crippen MR) is 98.7 cm³/mol. The van der Waals surface area contributed by atoms with E-state index in [0.29, 0.717) is 18.8 Å². The van der Waals surface area contributed by atoms with Gasteiger partial charge >= 0.3 is 6.03 Å². The van der Waals surface area contributed by atoms with Gasteiger partial charge in [0.2, 0.25) is 5.91 Å². The second-order valence-corrected chi connectivity index (χ2v) is 8.58. The van der Waals surface area contributed by atoms with Gasteiger partial charge in [-0.1, -0.05) is 22.9 Å². The molecule has 2 N–H and O–H groups in total. The van der Waals surface area contributed by atoms with Crippen LogP contribution in [0.4, 0.5) is 4.79 Å². The van der Waals surface area contributed by atoms with Gasteiger partial charge in [-0.2, -0.15) is 5.01 Å². The number of nitrogens with one attached hydrogen (secondary N) is 2. The lowest BCUT2D eigenvalue weighted by Crippen LogP contribution is -2.51. The van der Waals surface area contributed by atoms with E-state index >= 15 is 0 Å². The van der Waals surface area contributed by atoms with Gasteiger partial charge in [0.15, 0.2) is 0 Å². The lowest BCUT2D eigenvalue weighted by molar-refractivity contribution is -0.139. The maximum Gasteiger partial charge on any atom is 0.344 e. The molecule has 134 valence electrons. The third-order valence-electron chi connectivity index (χ3n) is 4.71. The number of halogens is 1. The maximum atomic E-state index is 12.7. The maximum absolute atomic E-state index is 12.7. The monoisotopic (exact) mass is 425 g/mol. The molecule has 0 radical (unpaired) electrons. The minimum atomic E-state index is -0.838. The first-order valence-electron chi connectivity index (χ1n) is 8.24. The molecule has 0 atom stereocenters. The largest absolute Gasteiger partial charge is 0.344 e. The van der Waals surface area contributed by atoms with E-state index in [1.807, 2.05) is 24.3 Å². The fraction of sp³-hybridized carbons (Fsp3) is 0.471. The van der Waals surface area contributed by atoms with Crippen molar-refractivity contribution >= 4 is 45.5 Å². The summed E-state index contributed by atoms with van der Waals surface area (Å²) in [6, 6.07) is 7.04. The average molecular weight is 426 g/mol. The highest BCUT2D eigenvalue weighted by atomic mass is 79.9. The first-order valence-corrected chi connectivity index (χ1v) is 10.0. The normalized spacial score (nSPS) is 26.0. The van der Waals surface area contributed by atoms with Crippen LogP contribution in [0.5, 0.6) is 0 Å². The Kier molecular flexibility index (Phi) is 5.38. The summed E-state index contributed by atoms with van der Waals surface area (Å²) >= 11 is 4.71. The Hall–Kier alpha value is -1.54. The molecule has 1 aromatic rings. The van der Waals surface area contributed by atoms with Crippen LogP contribution in [0.2, 0.25) is 0 Å². The fourth-order valence-corrected chi connectivity index (χ4v) is 4.11. The van der Waals surface area contributed by atoms with E-state index in [9.17, 15) is 14.4 Å². The van der Waals surface area contributed by atoms with Crippen LogP contribution in [0.1, 0.15) is 32.6 Å². The van der Waals surface area contributed by atoms with Crippen LogP contribution in [0.25, 0.3) is 0 Å². The van der Waals surface area contributed by atoms with E-state index in [-0.39, 0.29) is 17.6 Å². The van der Waals surface area contributed by atoms with Crippen molar-refractivity contribution in [1.29, 1.82) is 0 Å². The number of hydrogen-bond donors (Lipinski definition) is 2. The standard InChI is InChI=1S/C17H20BrN3O3S/c1-11-6-8-17(9-7-11)15(23)21(16(24)19-17)20-14(22)10-25-13-4-2-12(18)3-5-13/h2-5,11H,6-10H2,1H3,(H,19,24)(H,20,22). The first kappa shape index (κ1) is 18.3. The van der Waals surface area contributed by atoms with Crippen LogP contribution < -0.4 is 10.7 Å². The molecule has 1 saturated carbocycles. The molecule has 1 aliphatic carbocycles. The van der Waals surface area contributed by atoms with Crippen molar-refractivity contribution in [3.63, 3.8) is 0 Å². The van der Waals surface area contributed by atoms with Crippen molar-refractivity contribution in [2.45, 2.75) is 43.0 Å². The molecule has 1 aromatic carbocycles. The molecule has 1 heterocycles. The third kappa shape index (κ3) is 4.00. The summed E-state index contributed by atoms with van der Waals surface area (Å²) in [5.74, 6) is -0.0340. The highest BCUT2D eigenvalue weighted by Crippen LogP contribution is 2.35. The topological polar surface area (TPSA) is 78.5 Å². The molecule has 0 unspecified atom stereocenters. The van der Waals surface area contributed by atoms with Crippen molar-refractivity contribution in [1.82, 2.24) is 15.8 Å². The van der Waals surface area contributed by atoms with Gasteiger partial charge in [0.25, 0.3) is 5.91 Å².